The molecule has 1 spiro atoms. The van der Waals surface area contributed by atoms with Crippen molar-refractivity contribution in [2.45, 2.75) is 50.7 Å². The Morgan fingerprint density at radius 1 is 1.43 bits per heavy atom. The minimum atomic E-state index is -0.116. The Hall–Kier alpha value is -0.120. The van der Waals surface area contributed by atoms with Crippen LogP contribution in [0, 0.1) is 5.92 Å². The van der Waals surface area contributed by atoms with Crippen molar-refractivity contribution < 1.29 is 14.6 Å². The number of hydrogen-bond acceptors (Lipinski definition) is 3. The van der Waals surface area contributed by atoms with E-state index < -0.39 is 0 Å². The first-order chi connectivity index (χ1) is 6.76. The lowest BCUT2D eigenvalue weighted by atomic mass is 9.76. The molecule has 1 saturated carbocycles. The maximum Gasteiger partial charge on any atom is 0.147 e. The molecule has 2 aliphatic rings. The van der Waals surface area contributed by atoms with Gasteiger partial charge in [-0.3, -0.25) is 0 Å². The van der Waals surface area contributed by atoms with Crippen LogP contribution >= 0.6 is 0 Å². The van der Waals surface area contributed by atoms with Gasteiger partial charge < -0.3 is 14.6 Å². The molecule has 3 heteroatoms. The fourth-order valence-corrected chi connectivity index (χ4v) is 2.61. The van der Waals surface area contributed by atoms with Gasteiger partial charge in [-0.05, 0) is 38.0 Å². The van der Waals surface area contributed by atoms with E-state index >= 15 is 0 Å². The lowest BCUT2D eigenvalue weighted by Gasteiger charge is -2.36. The van der Waals surface area contributed by atoms with Gasteiger partial charge in [0.15, 0.2) is 0 Å². The van der Waals surface area contributed by atoms with Crippen LogP contribution in [0.1, 0.15) is 39.0 Å². The van der Waals surface area contributed by atoms with Crippen LogP contribution in [-0.4, -0.2) is 30.2 Å². The summed E-state index contributed by atoms with van der Waals surface area (Å²) >= 11 is 0. The van der Waals surface area contributed by atoms with Gasteiger partial charge in [0.2, 0.25) is 0 Å². The predicted octanol–water partition coefficient (Wildman–Crippen LogP) is 1.69. The molecule has 1 saturated heterocycles. The maximum atomic E-state index is 9.74. The molecule has 3 nitrogen and oxygen atoms in total. The summed E-state index contributed by atoms with van der Waals surface area (Å²) in [7, 11) is 0. The Morgan fingerprint density at radius 3 is 2.64 bits per heavy atom. The smallest absolute Gasteiger partial charge is 0.147 e. The number of ether oxygens (including phenoxy) is 2. The Kier molecular flexibility index (Phi) is 3.10. The van der Waals surface area contributed by atoms with E-state index in [1.165, 1.54) is 0 Å². The standard InChI is InChI=1S/C11H20O3/c1-2-10(12)9-3-5-11(6-4-9)7-13-8-14-11/h9-10,12H,2-8H2,1H3. The Bertz CT molecular complexity index is 177. The van der Waals surface area contributed by atoms with Crippen LogP contribution in [0.5, 0.6) is 0 Å². The summed E-state index contributed by atoms with van der Waals surface area (Å²) < 4.78 is 10.9. The van der Waals surface area contributed by atoms with E-state index in [1.54, 1.807) is 0 Å². The summed E-state index contributed by atoms with van der Waals surface area (Å²) in [5, 5.41) is 9.74. The molecule has 1 aliphatic carbocycles. The van der Waals surface area contributed by atoms with Gasteiger partial charge in [-0.2, -0.15) is 0 Å². The quantitative estimate of drug-likeness (QED) is 0.737. The van der Waals surface area contributed by atoms with Gasteiger partial charge in [-0.1, -0.05) is 6.92 Å². The van der Waals surface area contributed by atoms with Crippen molar-refractivity contribution in [1.29, 1.82) is 0 Å². The molecule has 0 aromatic heterocycles. The second-order valence-corrected chi connectivity index (χ2v) is 4.61. The monoisotopic (exact) mass is 200 g/mol. The Morgan fingerprint density at radius 2 is 2.14 bits per heavy atom. The van der Waals surface area contributed by atoms with E-state index in [-0.39, 0.29) is 11.7 Å². The zero-order valence-electron chi connectivity index (χ0n) is 8.87. The van der Waals surface area contributed by atoms with Gasteiger partial charge in [-0.15, -0.1) is 0 Å². The van der Waals surface area contributed by atoms with Crippen LogP contribution in [0.2, 0.25) is 0 Å². The van der Waals surface area contributed by atoms with Crippen LogP contribution in [-0.2, 0) is 9.47 Å². The van der Waals surface area contributed by atoms with E-state index in [2.05, 4.69) is 0 Å². The summed E-state index contributed by atoms with van der Waals surface area (Å²) in [6.45, 7) is 3.26. The van der Waals surface area contributed by atoms with Crippen molar-refractivity contribution in [3.8, 4) is 0 Å². The molecular formula is C11H20O3. The third-order valence-electron chi connectivity index (χ3n) is 3.72. The molecule has 0 radical (unpaired) electrons. The third-order valence-corrected chi connectivity index (χ3v) is 3.72. The van der Waals surface area contributed by atoms with Crippen molar-refractivity contribution in [2.24, 2.45) is 5.92 Å². The van der Waals surface area contributed by atoms with Crippen LogP contribution in [0.4, 0.5) is 0 Å². The fourth-order valence-electron chi connectivity index (χ4n) is 2.61. The molecule has 0 bridgehead atoms. The van der Waals surface area contributed by atoms with Crippen LogP contribution in [0.25, 0.3) is 0 Å². The SMILES string of the molecule is CCC(O)C1CCC2(CC1)COCO2. The molecule has 1 atom stereocenters. The van der Waals surface area contributed by atoms with Crippen molar-refractivity contribution in [1.82, 2.24) is 0 Å². The minimum absolute atomic E-state index is 0.00393. The van der Waals surface area contributed by atoms with E-state index in [9.17, 15) is 5.11 Å². The maximum absolute atomic E-state index is 9.74. The highest BCUT2D eigenvalue weighted by atomic mass is 16.7. The van der Waals surface area contributed by atoms with Gasteiger partial charge in [0.25, 0.3) is 0 Å². The predicted molar refractivity (Wildman–Crippen MR) is 52.9 cm³/mol. The second kappa shape index (κ2) is 4.17. The molecule has 0 aromatic carbocycles. The molecule has 1 unspecified atom stereocenters. The van der Waals surface area contributed by atoms with Crippen molar-refractivity contribution in [3.63, 3.8) is 0 Å². The molecule has 0 aromatic rings. The number of aliphatic hydroxyl groups is 1. The van der Waals surface area contributed by atoms with Crippen LogP contribution in [0.3, 0.4) is 0 Å². The normalized spacial score (nSPS) is 40.3. The van der Waals surface area contributed by atoms with Crippen LogP contribution < -0.4 is 0 Å². The summed E-state index contributed by atoms with van der Waals surface area (Å²) in [5.74, 6) is 0.481. The Balaban J connectivity index is 1.85. The minimum Gasteiger partial charge on any atom is -0.393 e. The zero-order valence-corrected chi connectivity index (χ0v) is 8.87. The largest absolute Gasteiger partial charge is 0.393 e. The number of rotatable bonds is 2. The summed E-state index contributed by atoms with van der Waals surface area (Å²) in [6.07, 6.45) is 5.02. The van der Waals surface area contributed by atoms with E-state index in [0.717, 1.165) is 38.7 Å². The van der Waals surface area contributed by atoms with Gasteiger partial charge >= 0.3 is 0 Å². The van der Waals surface area contributed by atoms with Gasteiger partial charge in [0, 0.05) is 0 Å². The van der Waals surface area contributed by atoms with Gasteiger partial charge in [0.05, 0.1) is 18.3 Å². The molecule has 2 rings (SSSR count). The second-order valence-electron chi connectivity index (χ2n) is 4.61. The molecular weight excluding hydrogens is 180 g/mol. The third kappa shape index (κ3) is 1.95. The average molecular weight is 200 g/mol. The average Bonchev–Trinajstić information content (AvgIpc) is 2.67. The lowest BCUT2D eigenvalue weighted by Crippen LogP contribution is -2.38. The van der Waals surface area contributed by atoms with Gasteiger partial charge in [0.1, 0.15) is 6.79 Å². The molecule has 1 aliphatic heterocycles. The number of hydrogen-bond donors (Lipinski definition) is 1. The number of aliphatic hydroxyl groups excluding tert-OH is 1. The summed E-state index contributed by atoms with van der Waals surface area (Å²) in [6, 6.07) is 0. The van der Waals surface area contributed by atoms with E-state index in [0.29, 0.717) is 12.7 Å². The van der Waals surface area contributed by atoms with Crippen molar-refractivity contribution >= 4 is 0 Å². The molecule has 1 N–H and O–H groups in total. The molecule has 1 heterocycles. The first-order valence-corrected chi connectivity index (χ1v) is 5.65. The highest BCUT2D eigenvalue weighted by molar-refractivity contribution is 4.90. The zero-order chi connectivity index (χ0) is 10.0. The van der Waals surface area contributed by atoms with E-state index in [4.69, 9.17) is 9.47 Å². The Labute approximate surface area is 85.4 Å². The first kappa shape index (κ1) is 10.4. The summed E-state index contributed by atoms with van der Waals surface area (Å²) in [5.41, 5.74) is 0.00393. The van der Waals surface area contributed by atoms with E-state index in [1.807, 2.05) is 6.92 Å². The molecule has 14 heavy (non-hydrogen) atoms. The molecule has 82 valence electrons. The fraction of sp³-hybridized carbons (Fsp3) is 1.00. The molecule has 2 fully saturated rings. The highest BCUT2D eigenvalue weighted by Gasteiger charge is 2.40. The highest BCUT2D eigenvalue weighted by Crippen LogP contribution is 2.39. The molecule has 0 amide bonds. The topological polar surface area (TPSA) is 38.7 Å². The van der Waals surface area contributed by atoms with Crippen molar-refractivity contribution in [2.75, 3.05) is 13.4 Å². The van der Waals surface area contributed by atoms with Gasteiger partial charge in [-0.25, -0.2) is 0 Å². The first-order valence-electron chi connectivity index (χ1n) is 5.65. The van der Waals surface area contributed by atoms with Crippen molar-refractivity contribution in [3.05, 3.63) is 0 Å². The summed E-state index contributed by atoms with van der Waals surface area (Å²) in [4.78, 5) is 0. The van der Waals surface area contributed by atoms with Crippen LogP contribution in [0.15, 0.2) is 0 Å². The lowest BCUT2D eigenvalue weighted by molar-refractivity contribution is -0.0509.